The molecule has 6 heteroatoms. The number of nitrogens with zero attached hydrogens (tertiary/aromatic N) is 1. The normalized spacial score (nSPS) is 11.2. The lowest BCUT2D eigenvalue weighted by Crippen LogP contribution is -2.26. The Morgan fingerprint density at radius 2 is 1.65 bits per heavy atom. The summed E-state index contributed by atoms with van der Waals surface area (Å²) in [5, 5.41) is 8.63. The lowest BCUT2D eigenvalue weighted by atomic mass is 10.1. The van der Waals surface area contributed by atoms with Crippen molar-refractivity contribution in [3.8, 4) is 0 Å². The van der Waals surface area contributed by atoms with Crippen LogP contribution in [0.25, 0.3) is 0 Å². The first-order chi connectivity index (χ1) is 10.9. The molecule has 2 rings (SSSR count). The molecule has 122 valence electrons. The number of hydrogen-bond acceptors (Lipinski definition) is 3. The molecule has 0 fully saturated rings. The first-order valence-electron chi connectivity index (χ1n) is 7.26. The molecule has 0 aliphatic rings. The van der Waals surface area contributed by atoms with Gasteiger partial charge in [-0.2, -0.15) is 0 Å². The maximum atomic E-state index is 12.5. The summed E-state index contributed by atoms with van der Waals surface area (Å²) in [6.07, 6.45) is 1.35. The van der Waals surface area contributed by atoms with Gasteiger partial charge in [-0.3, -0.25) is 9.10 Å². The van der Waals surface area contributed by atoms with E-state index in [1.807, 2.05) is 12.1 Å². The van der Waals surface area contributed by atoms with Crippen LogP contribution in [0.2, 0.25) is 0 Å². The highest BCUT2D eigenvalue weighted by atomic mass is 32.2. The van der Waals surface area contributed by atoms with Crippen LogP contribution in [0.15, 0.2) is 59.5 Å². The van der Waals surface area contributed by atoms with Crippen LogP contribution in [0.1, 0.15) is 18.4 Å². The van der Waals surface area contributed by atoms with Crippen molar-refractivity contribution in [1.82, 2.24) is 0 Å². The number of carbonyl (C=O) groups is 1. The highest BCUT2D eigenvalue weighted by Gasteiger charge is 2.20. The third-order valence-corrected chi connectivity index (χ3v) is 5.36. The van der Waals surface area contributed by atoms with Gasteiger partial charge in [0.25, 0.3) is 10.0 Å². The number of hydrogen-bond donors (Lipinski definition) is 1. The largest absolute Gasteiger partial charge is 0.481 e. The quantitative estimate of drug-likeness (QED) is 0.845. The number of aliphatic carboxylic acids is 1. The van der Waals surface area contributed by atoms with Gasteiger partial charge in [-0.05, 0) is 42.7 Å². The SMILES string of the molecule is CN(c1ccc(CCCC(=O)O)cc1)S(=O)(=O)c1ccccc1. The van der Waals surface area contributed by atoms with Crippen molar-refractivity contribution in [1.29, 1.82) is 0 Å². The number of carboxylic acids is 1. The summed E-state index contributed by atoms with van der Waals surface area (Å²) >= 11 is 0. The van der Waals surface area contributed by atoms with Crippen LogP contribution in [0.5, 0.6) is 0 Å². The average molecular weight is 333 g/mol. The fourth-order valence-electron chi connectivity index (χ4n) is 2.21. The zero-order valence-electron chi connectivity index (χ0n) is 12.8. The predicted molar refractivity (Wildman–Crippen MR) is 89.0 cm³/mol. The number of anilines is 1. The van der Waals surface area contributed by atoms with Gasteiger partial charge in [0, 0.05) is 13.5 Å². The summed E-state index contributed by atoms with van der Waals surface area (Å²) in [4.78, 5) is 10.7. The van der Waals surface area contributed by atoms with Crippen molar-refractivity contribution >= 4 is 21.7 Å². The summed E-state index contributed by atoms with van der Waals surface area (Å²) < 4.78 is 26.3. The van der Waals surface area contributed by atoms with E-state index < -0.39 is 16.0 Å². The summed E-state index contributed by atoms with van der Waals surface area (Å²) in [6.45, 7) is 0. The Hall–Kier alpha value is -2.34. The minimum absolute atomic E-state index is 0.129. The minimum atomic E-state index is -3.58. The molecule has 0 amide bonds. The number of carboxylic acid groups (broad SMARTS) is 1. The Kier molecular flexibility index (Phi) is 5.39. The second-order valence-corrected chi connectivity index (χ2v) is 7.17. The Labute approximate surface area is 136 Å². The van der Waals surface area contributed by atoms with Crippen LogP contribution < -0.4 is 4.31 Å². The molecule has 0 bridgehead atoms. The second-order valence-electron chi connectivity index (χ2n) is 5.20. The van der Waals surface area contributed by atoms with Gasteiger partial charge in [0.1, 0.15) is 0 Å². The third-order valence-electron chi connectivity index (χ3n) is 3.56. The first-order valence-corrected chi connectivity index (χ1v) is 8.70. The number of sulfonamides is 1. The molecule has 2 aromatic carbocycles. The Balaban J connectivity index is 2.11. The molecule has 0 aromatic heterocycles. The molecule has 0 aliphatic carbocycles. The molecular weight excluding hydrogens is 314 g/mol. The molecule has 0 unspecified atom stereocenters. The van der Waals surface area contributed by atoms with Gasteiger partial charge >= 0.3 is 5.97 Å². The highest BCUT2D eigenvalue weighted by Crippen LogP contribution is 2.22. The Morgan fingerprint density at radius 3 is 2.22 bits per heavy atom. The van der Waals surface area contributed by atoms with Crippen molar-refractivity contribution in [3.05, 3.63) is 60.2 Å². The lowest BCUT2D eigenvalue weighted by Gasteiger charge is -2.19. The van der Waals surface area contributed by atoms with E-state index in [1.165, 1.54) is 11.4 Å². The zero-order chi connectivity index (χ0) is 16.9. The molecule has 23 heavy (non-hydrogen) atoms. The fraction of sp³-hybridized carbons (Fsp3) is 0.235. The number of rotatable bonds is 7. The van der Waals surface area contributed by atoms with Gasteiger partial charge in [-0.25, -0.2) is 8.42 Å². The molecule has 0 heterocycles. The van der Waals surface area contributed by atoms with Crippen molar-refractivity contribution in [2.75, 3.05) is 11.4 Å². The zero-order valence-corrected chi connectivity index (χ0v) is 13.7. The van der Waals surface area contributed by atoms with E-state index in [2.05, 4.69) is 0 Å². The molecular formula is C17H19NO4S. The van der Waals surface area contributed by atoms with Crippen LogP contribution in [0.4, 0.5) is 5.69 Å². The number of benzene rings is 2. The van der Waals surface area contributed by atoms with E-state index in [9.17, 15) is 13.2 Å². The molecule has 1 N–H and O–H groups in total. The monoisotopic (exact) mass is 333 g/mol. The molecule has 5 nitrogen and oxygen atoms in total. The smallest absolute Gasteiger partial charge is 0.303 e. The van der Waals surface area contributed by atoms with E-state index >= 15 is 0 Å². The van der Waals surface area contributed by atoms with Crippen LogP contribution in [0.3, 0.4) is 0 Å². The molecule has 0 aliphatic heterocycles. The van der Waals surface area contributed by atoms with Gasteiger partial charge in [-0.1, -0.05) is 30.3 Å². The van der Waals surface area contributed by atoms with E-state index in [4.69, 9.17) is 5.11 Å². The van der Waals surface area contributed by atoms with Gasteiger partial charge in [-0.15, -0.1) is 0 Å². The van der Waals surface area contributed by atoms with Gasteiger partial charge < -0.3 is 5.11 Å². The molecule has 0 saturated heterocycles. The molecule has 0 saturated carbocycles. The Bertz CT molecular complexity index is 755. The standard InChI is InChI=1S/C17H19NO4S/c1-18(23(21,22)16-7-3-2-4-8-16)15-12-10-14(11-13-15)6-5-9-17(19)20/h2-4,7-8,10-13H,5-6,9H2,1H3,(H,19,20). The van der Waals surface area contributed by atoms with Crippen LogP contribution in [-0.2, 0) is 21.2 Å². The van der Waals surface area contributed by atoms with Crippen LogP contribution >= 0.6 is 0 Å². The fourth-order valence-corrected chi connectivity index (χ4v) is 3.42. The average Bonchev–Trinajstić information content (AvgIpc) is 2.55. The predicted octanol–water partition coefficient (Wildman–Crippen LogP) is 2.92. The Morgan fingerprint density at radius 1 is 1.04 bits per heavy atom. The van der Waals surface area contributed by atoms with E-state index in [-0.39, 0.29) is 11.3 Å². The summed E-state index contributed by atoms with van der Waals surface area (Å²) in [7, 11) is -2.06. The van der Waals surface area contributed by atoms with Crippen molar-refractivity contribution in [2.45, 2.75) is 24.2 Å². The van der Waals surface area contributed by atoms with E-state index in [0.717, 1.165) is 5.56 Å². The maximum Gasteiger partial charge on any atom is 0.303 e. The van der Waals surface area contributed by atoms with Crippen LogP contribution in [0, 0.1) is 0 Å². The third kappa shape index (κ3) is 4.32. The molecule has 0 radical (unpaired) electrons. The topological polar surface area (TPSA) is 74.7 Å². The maximum absolute atomic E-state index is 12.5. The molecule has 0 spiro atoms. The van der Waals surface area contributed by atoms with E-state index in [0.29, 0.717) is 18.5 Å². The van der Waals surface area contributed by atoms with Gasteiger partial charge in [0.15, 0.2) is 0 Å². The van der Waals surface area contributed by atoms with E-state index in [1.54, 1.807) is 42.5 Å². The van der Waals surface area contributed by atoms with Crippen molar-refractivity contribution < 1.29 is 18.3 Å². The summed E-state index contributed by atoms with van der Waals surface area (Å²) in [6, 6.07) is 15.4. The van der Waals surface area contributed by atoms with Gasteiger partial charge in [0.2, 0.25) is 0 Å². The van der Waals surface area contributed by atoms with Crippen molar-refractivity contribution in [3.63, 3.8) is 0 Å². The second kappa shape index (κ2) is 7.28. The lowest BCUT2D eigenvalue weighted by molar-refractivity contribution is -0.137. The van der Waals surface area contributed by atoms with Crippen molar-refractivity contribution in [2.24, 2.45) is 0 Å². The van der Waals surface area contributed by atoms with Crippen LogP contribution in [-0.4, -0.2) is 26.5 Å². The minimum Gasteiger partial charge on any atom is -0.481 e. The molecule has 2 aromatic rings. The highest BCUT2D eigenvalue weighted by molar-refractivity contribution is 7.92. The number of aryl methyl sites for hydroxylation is 1. The molecule has 0 atom stereocenters. The van der Waals surface area contributed by atoms with Gasteiger partial charge in [0.05, 0.1) is 10.6 Å². The summed E-state index contributed by atoms with van der Waals surface area (Å²) in [5.41, 5.74) is 1.55. The first kappa shape index (κ1) is 17.0. The summed E-state index contributed by atoms with van der Waals surface area (Å²) in [5.74, 6) is -0.810.